The van der Waals surface area contributed by atoms with Crippen LogP contribution in [0.25, 0.3) is 0 Å². The van der Waals surface area contributed by atoms with Crippen molar-refractivity contribution in [3.63, 3.8) is 0 Å². The summed E-state index contributed by atoms with van der Waals surface area (Å²) in [5.41, 5.74) is 1.52. The van der Waals surface area contributed by atoms with Crippen LogP contribution < -0.4 is 11.0 Å². The molecular formula is C16H15F5N4O. The summed E-state index contributed by atoms with van der Waals surface area (Å²) >= 11 is 0. The molecular weight excluding hydrogens is 359 g/mol. The van der Waals surface area contributed by atoms with Crippen molar-refractivity contribution in [1.82, 2.24) is 9.97 Å². The number of hydrogen-bond acceptors (Lipinski definition) is 4. The van der Waals surface area contributed by atoms with E-state index in [0.717, 1.165) is 12.8 Å². The minimum absolute atomic E-state index is 0.132. The van der Waals surface area contributed by atoms with Gasteiger partial charge in [0.15, 0.2) is 23.3 Å². The predicted octanol–water partition coefficient (Wildman–Crippen LogP) is 3.56. The van der Waals surface area contributed by atoms with E-state index in [1.54, 1.807) is 6.92 Å². The highest BCUT2D eigenvalue weighted by molar-refractivity contribution is 5.81. The van der Waals surface area contributed by atoms with Crippen molar-refractivity contribution in [1.29, 1.82) is 0 Å². The van der Waals surface area contributed by atoms with Gasteiger partial charge in [-0.15, -0.1) is 0 Å². The van der Waals surface area contributed by atoms with Crippen LogP contribution in [0, 0.1) is 36.0 Å². The van der Waals surface area contributed by atoms with Crippen molar-refractivity contribution in [3.8, 4) is 0 Å². The Labute approximate surface area is 145 Å². The monoisotopic (exact) mass is 374 g/mol. The quantitative estimate of drug-likeness (QED) is 0.267. The molecule has 26 heavy (non-hydrogen) atoms. The van der Waals surface area contributed by atoms with Crippen LogP contribution in [0.3, 0.4) is 0 Å². The Bertz CT molecular complexity index is 881. The number of hydrazone groups is 1. The molecule has 0 aliphatic heterocycles. The summed E-state index contributed by atoms with van der Waals surface area (Å²) in [7, 11) is 0. The Kier molecular flexibility index (Phi) is 6.06. The molecule has 1 heterocycles. The van der Waals surface area contributed by atoms with Gasteiger partial charge in [0.05, 0.1) is 11.8 Å². The lowest BCUT2D eigenvalue weighted by atomic mass is 10.1. The van der Waals surface area contributed by atoms with Gasteiger partial charge in [-0.3, -0.25) is 9.78 Å². The first-order chi connectivity index (χ1) is 12.3. The van der Waals surface area contributed by atoms with E-state index < -0.39 is 40.2 Å². The summed E-state index contributed by atoms with van der Waals surface area (Å²) in [6.45, 7) is 3.58. The minimum Gasteiger partial charge on any atom is -0.291 e. The van der Waals surface area contributed by atoms with Crippen molar-refractivity contribution in [2.24, 2.45) is 5.10 Å². The fourth-order valence-corrected chi connectivity index (χ4v) is 2.20. The second-order valence-electron chi connectivity index (χ2n) is 5.44. The average molecular weight is 374 g/mol. The number of unbranched alkanes of at least 4 members (excludes halogenated alkanes) is 1. The maximum atomic E-state index is 13.5. The summed E-state index contributed by atoms with van der Waals surface area (Å²) in [5, 5.41) is 3.38. The van der Waals surface area contributed by atoms with Gasteiger partial charge < -0.3 is 0 Å². The third-order valence-electron chi connectivity index (χ3n) is 3.61. The van der Waals surface area contributed by atoms with E-state index in [2.05, 4.69) is 20.5 Å². The van der Waals surface area contributed by atoms with Crippen molar-refractivity contribution >= 4 is 12.2 Å². The first kappa shape index (κ1) is 19.5. The Morgan fingerprint density at radius 3 is 2.19 bits per heavy atom. The van der Waals surface area contributed by atoms with E-state index in [4.69, 9.17) is 0 Å². The van der Waals surface area contributed by atoms with Gasteiger partial charge in [-0.25, -0.2) is 32.4 Å². The lowest BCUT2D eigenvalue weighted by Crippen LogP contribution is -2.18. The minimum atomic E-state index is -2.26. The lowest BCUT2D eigenvalue weighted by Gasteiger charge is -2.06. The number of H-pyrrole nitrogens is 1. The van der Waals surface area contributed by atoms with E-state index in [-0.39, 0.29) is 5.95 Å². The second kappa shape index (κ2) is 8.07. The zero-order valence-corrected chi connectivity index (χ0v) is 13.9. The molecule has 0 radical (unpaired) electrons. The second-order valence-corrected chi connectivity index (χ2v) is 5.44. The Morgan fingerprint density at radius 1 is 1.08 bits per heavy atom. The van der Waals surface area contributed by atoms with Crippen LogP contribution in [0.5, 0.6) is 0 Å². The molecule has 0 fully saturated rings. The van der Waals surface area contributed by atoms with Gasteiger partial charge in [-0.05, 0) is 19.8 Å². The summed E-state index contributed by atoms with van der Waals surface area (Å²) in [6, 6.07) is 0. The molecule has 2 rings (SSSR count). The van der Waals surface area contributed by atoms with Crippen molar-refractivity contribution < 1.29 is 22.0 Å². The number of halogens is 5. The average Bonchev–Trinajstić information content (AvgIpc) is 2.60. The van der Waals surface area contributed by atoms with Crippen LogP contribution in [0.15, 0.2) is 9.90 Å². The van der Waals surface area contributed by atoms with Crippen molar-refractivity contribution in [2.45, 2.75) is 33.1 Å². The summed E-state index contributed by atoms with van der Waals surface area (Å²) in [5.74, 6) is -10.6. The van der Waals surface area contributed by atoms with Gasteiger partial charge in [-0.2, -0.15) is 5.10 Å². The Morgan fingerprint density at radius 2 is 1.65 bits per heavy atom. The number of benzene rings is 1. The molecule has 2 aromatic rings. The number of aromatic nitrogens is 2. The fourth-order valence-electron chi connectivity index (χ4n) is 2.20. The fraction of sp³-hybridized carbons (Fsp3) is 0.312. The molecule has 0 unspecified atom stereocenters. The largest absolute Gasteiger partial charge is 0.291 e. The van der Waals surface area contributed by atoms with Gasteiger partial charge >= 0.3 is 0 Å². The van der Waals surface area contributed by atoms with Gasteiger partial charge in [0.2, 0.25) is 11.8 Å². The Balaban J connectivity index is 2.26. The Hall–Kier alpha value is -2.78. The van der Waals surface area contributed by atoms with Gasteiger partial charge in [0.25, 0.3) is 5.56 Å². The predicted molar refractivity (Wildman–Crippen MR) is 85.7 cm³/mol. The van der Waals surface area contributed by atoms with Crippen LogP contribution in [-0.4, -0.2) is 16.2 Å². The molecule has 2 N–H and O–H groups in total. The van der Waals surface area contributed by atoms with Crippen LogP contribution in [0.2, 0.25) is 0 Å². The van der Waals surface area contributed by atoms with E-state index in [1.807, 2.05) is 6.92 Å². The van der Waals surface area contributed by atoms with Crippen molar-refractivity contribution in [3.05, 3.63) is 56.3 Å². The SMILES string of the molecule is CCCCc1c(C)nc(N/N=C/c2c(F)c(F)c(F)c(F)c2F)[nH]c1=O. The van der Waals surface area contributed by atoms with E-state index >= 15 is 0 Å². The van der Waals surface area contributed by atoms with Crippen molar-refractivity contribution in [2.75, 3.05) is 5.43 Å². The topological polar surface area (TPSA) is 70.1 Å². The first-order valence-electron chi connectivity index (χ1n) is 7.68. The summed E-state index contributed by atoms with van der Waals surface area (Å²) < 4.78 is 66.2. The third-order valence-corrected chi connectivity index (χ3v) is 3.61. The number of rotatable bonds is 6. The summed E-state index contributed by atoms with van der Waals surface area (Å²) in [4.78, 5) is 18.4. The molecule has 0 saturated heterocycles. The molecule has 0 aliphatic rings. The highest BCUT2D eigenvalue weighted by atomic mass is 19.2. The molecule has 0 atom stereocenters. The number of hydrogen-bond donors (Lipinski definition) is 2. The standard InChI is InChI=1S/C16H15F5N4O/c1-3-4-5-8-7(2)23-16(24-15(8)26)25-22-6-9-10(17)12(19)14(21)13(20)11(9)18/h6H,3-5H2,1-2H3,(H2,23,24,25,26)/b22-6+. The molecule has 1 aromatic carbocycles. The molecule has 0 amide bonds. The number of aryl methyl sites for hydroxylation is 1. The molecule has 1 aromatic heterocycles. The van der Waals surface area contributed by atoms with E-state index in [0.29, 0.717) is 23.9 Å². The number of anilines is 1. The maximum Gasteiger partial charge on any atom is 0.255 e. The third kappa shape index (κ3) is 3.89. The molecule has 0 bridgehead atoms. The summed E-state index contributed by atoms with van der Waals surface area (Å²) in [6.07, 6.45) is 2.65. The zero-order chi connectivity index (χ0) is 19.4. The number of nitrogens with zero attached hydrogens (tertiary/aromatic N) is 2. The molecule has 5 nitrogen and oxygen atoms in total. The number of nitrogens with one attached hydrogen (secondary N) is 2. The first-order valence-corrected chi connectivity index (χ1v) is 7.68. The van der Waals surface area contributed by atoms with Gasteiger partial charge in [0.1, 0.15) is 0 Å². The zero-order valence-electron chi connectivity index (χ0n) is 13.9. The molecule has 10 heteroatoms. The van der Waals surface area contributed by atoms with Gasteiger partial charge in [0, 0.05) is 11.3 Å². The van der Waals surface area contributed by atoms with Gasteiger partial charge in [-0.1, -0.05) is 13.3 Å². The van der Waals surface area contributed by atoms with E-state index in [9.17, 15) is 26.7 Å². The highest BCUT2D eigenvalue weighted by Gasteiger charge is 2.24. The highest BCUT2D eigenvalue weighted by Crippen LogP contribution is 2.21. The molecule has 0 aliphatic carbocycles. The van der Waals surface area contributed by atoms with Crippen LogP contribution in [-0.2, 0) is 6.42 Å². The smallest absolute Gasteiger partial charge is 0.255 e. The van der Waals surface area contributed by atoms with Crippen LogP contribution in [0.1, 0.15) is 36.6 Å². The molecule has 140 valence electrons. The van der Waals surface area contributed by atoms with E-state index in [1.165, 1.54) is 0 Å². The maximum absolute atomic E-state index is 13.5. The lowest BCUT2D eigenvalue weighted by molar-refractivity contribution is 0.377. The van der Waals surface area contributed by atoms with Crippen LogP contribution >= 0.6 is 0 Å². The molecule has 0 spiro atoms. The van der Waals surface area contributed by atoms with Crippen LogP contribution in [0.4, 0.5) is 27.9 Å². The molecule has 0 saturated carbocycles. The normalized spacial score (nSPS) is 11.3. The number of aromatic amines is 1.